The predicted octanol–water partition coefficient (Wildman–Crippen LogP) is 3.16. The second-order valence-corrected chi connectivity index (χ2v) is 9.02. The Morgan fingerprint density at radius 3 is 2.48 bits per heavy atom. The fraction of sp³-hybridized carbons (Fsp3) is 0.381. The molecule has 1 aliphatic heterocycles. The molecule has 5 nitrogen and oxygen atoms in total. The predicted molar refractivity (Wildman–Crippen MR) is 106 cm³/mol. The molecule has 0 radical (unpaired) electrons. The van der Waals surface area contributed by atoms with Crippen LogP contribution in [0, 0.1) is 0 Å². The molecular formula is C21H25NO4S. The Bertz CT molecular complexity index is 880. The van der Waals surface area contributed by atoms with Crippen LogP contribution >= 0.6 is 0 Å². The lowest BCUT2D eigenvalue weighted by atomic mass is 10.1. The summed E-state index contributed by atoms with van der Waals surface area (Å²) in [4.78, 5) is 14.4. The molecule has 0 aromatic heterocycles. The summed E-state index contributed by atoms with van der Waals surface area (Å²) in [6.45, 7) is 2.43. The molecule has 0 spiro atoms. The highest BCUT2D eigenvalue weighted by Gasteiger charge is 2.34. The van der Waals surface area contributed by atoms with Gasteiger partial charge in [-0.1, -0.05) is 55.5 Å². The van der Waals surface area contributed by atoms with Gasteiger partial charge in [-0.05, 0) is 24.5 Å². The van der Waals surface area contributed by atoms with Crippen molar-refractivity contribution in [2.24, 2.45) is 0 Å². The number of para-hydroxylation sites is 1. The van der Waals surface area contributed by atoms with E-state index < -0.39 is 9.84 Å². The van der Waals surface area contributed by atoms with Gasteiger partial charge in [-0.2, -0.15) is 0 Å². The third-order valence-corrected chi connectivity index (χ3v) is 6.51. The number of benzene rings is 2. The highest BCUT2D eigenvalue weighted by Crippen LogP contribution is 2.29. The molecule has 1 heterocycles. The lowest BCUT2D eigenvalue weighted by Crippen LogP contribution is -2.44. The molecule has 0 N–H and O–H groups in total. The Morgan fingerprint density at radius 1 is 1.11 bits per heavy atom. The van der Waals surface area contributed by atoms with Crippen molar-refractivity contribution in [2.45, 2.75) is 25.8 Å². The minimum absolute atomic E-state index is 0.0549. The van der Waals surface area contributed by atoms with E-state index in [4.69, 9.17) is 4.74 Å². The molecular weight excluding hydrogens is 362 g/mol. The van der Waals surface area contributed by atoms with Crippen LogP contribution in [-0.4, -0.2) is 49.9 Å². The van der Waals surface area contributed by atoms with Gasteiger partial charge in [0.25, 0.3) is 5.91 Å². The van der Waals surface area contributed by atoms with Gasteiger partial charge in [-0.15, -0.1) is 0 Å². The Balaban J connectivity index is 1.71. The molecule has 0 saturated carbocycles. The van der Waals surface area contributed by atoms with Gasteiger partial charge in [-0.25, -0.2) is 8.42 Å². The smallest absolute Gasteiger partial charge is 0.260 e. The first-order valence-electron chi connectivity index (χ1n) is 9.27. The Hall–Kier alpha value is -2.34. The molecule has 1 fully saturated rings. The number of hydrogen-bond donors (Lipinski definition) is 0. The molecule has 0 unspecified atom stereocenters. The summed E-state index contributed by atoms with van der Waals surface area (Å²) in [5.41, 5.74) is 1.95. The molecule has 1 saturated heterocycles. The van der Waals surface area contributed by atoms with Crippen molar-refractivity contribution in [1.82, 2.24) is 4.90 Å². The quantitative estimate of drug-likeness (QED) is 0.732. The van der Waals surface area contributed by atoms with Crippen molar-refractivity contribution in [3.8, 4) is 16.9 Å². The summed E-state index contributed by atoms with van der Waals surface area (Å²) < 4.78 is 29.4. The summed E-state index contributed by atoms with van der Waals surface area (Å²) in [5.74, 6) is 0.691. The highest BCUT2D eigenvalue weighted by molar-refractivity contribution is 7.91. The molecule has 144 valence electrons. The number of rotatable bonds is 7. The number of ether oxygens (including phenoxy) is 1. The summed E-state index contributed by atoms with van der Waals surface area (Å²) in [6, 6.07) is 17.2. The monoisotopic (exact) mass is 387 g/mol. The average molecular weight is 388 g/mol. The van der Waals surface area contributed by atoms with E-state index in [1.54, 1.807) is 4.90 Å². The van der Waals surface area contributed by atoms with Crippen LogP contribution in [-0.2, 0) is 14.6 Å². The zero-order valence-electron chi connectivity index (χ0n) is 15.5. The van der Waals surface area contributed by atoms with E-state index in [1.807, 2.05) is 61.5 Å². The number of carbonyl (C=O) groups is 1. The van der Waals surface area contributed by atoms with Crippen molar-refractivity contribution in [2.75, 3.05) is 24.7 Å². The molecule has 3 rings (SSSR count). The van der Waals surface area contributed by atoms with Crippen LogP contribution in [0.3, 0.4) is 0 Å². The van der Waals surface area contributed by atoms with Gasteiger partial charge in [0.1, 0.15) is 5.75 Å². The van der Waals surface area contributed by atoms with Crippen molar-refractivity contribution >= 4 is 15.7 Å². The van der Waals surface area contributed by atoms with Gasteiger partial charge in [0.05, 0.1) is 11.5 Å². The first-order chi connectivity index (χ1) is 13.0. The van der Waals surface area contributed by atoms with Gasteiger partial charge < -0.3 is 9.64 Å². The van der Waals surface area contributed by atoms with Crippen LogP contribution in [0.1, 0.15) is 19.8 Å². The van der Waals surface area contributed by atoms with E-state index in [9.17, 15) is 13.2 Å². The number of carbonyl (C=O) groups excluding carboxylic acids is 1. The van der Waals surface area contributed by atoms with Crippen LogP contribution in [0.2, 0.25) is 0 Å². The second kappa shape index (κ2) is 8.57. The fourth-order valence-electron chi connectivity index (χ4n) is 3.44. The van der Waals surface area contributed by atoms with Crippen LogP contribution in [0.25, 0.3) is 11.1 Å². The standard InChI is InChI=1S/C21H25NO4S/c1-2-13-22(18-12-14-27(24,25)16-18)21(23)15-26-20-11-7-6-10-19(20)17-8-4-3-5-9-17/h3-11,18H,2,12-16H2,1H3/t18-/m1/s1. The van der Waals surface area contributed by atoms with Crippen molar-refractivity contribution in [3.05, 3.63) is 54.6 Å². The molecule has 1 atom stereocenters. The molecule has 1 amide bonds. The van der Waals surface area contributed by atoms with Gasteiger partial charge in [0.15, 0.2) is 16.4 Å². The maximum Gasteiger partial charge on any atom is 0.260 e. The van der Waals surface area contributed by atoms with Gasteiger partial charge >= 0.3 is 0 Å². The van der Waals surface area contributed by atoms with Gasteiger partial charge in [-0.3, -0.25) is 4.79 Å². The molecule has 0 aliphatic carbocycles. The van der Waals surface area contributed by atoms with Crippen LogP contribution in [0.5, 0.6) is 5.75 Å². The lowest BCUT2D eigenvalue weighted by molar-refractivity contribution is -0.135. The zero-order valence-corrected chi connectivity index (χ0v) is 16.3. The van der Waals surface area contributed by atoms with Gasteiger partial charge in [0.2, 0.25) is 0 Å². The third-order valence-electron chi connectivity index (χ3n) is 4.76. The molecule has 0 bridgehead atoms. The topological polar surface area (TPSA) is 63.7 Å². The van der Waals surface area contributed by atoms with Crippen molar-refractivity contribution in [3.63, 3.8) is 0 Å². The Labute approximate surface area is 160 Å². The Morgan fingerprint density at radius 2 is 1.81 bits per heavy atom. The molecule has 2 aromatic rings. The normalized spacial score (nSPS) is 18.2. The summed E-state index contributed by atoms with van der Waals surface area (Å²) >= 11 is 0. The number of hydrogen-bond acceptors (Lipinski definition) is 4. The average Bonchev–Trinajstić information content (AvgIpc) is 3.04. The van der Waals surface area contributed by atoms with E-state index in [1.165, 1.54) is 0 Å². The van der Waals surface area contributed by atoms with E-state index in [0.29, 0.717) is 18.7 Å². The van der Waals surface area contributed by atoms with E-state index in [0.717, 1.165) is 17.5 Å². The minimum Gasteiger partial charge on any atom is -0.483 e. The maximum atomic E-state index is 12.8. The number of sulfone groups is 1. The summed E-state index contributed by atoms with van der Waals surface area (Å²) in [6.07, 6.45) is 1.29. The van der Waals surface area contributed by atoms with Crippen LogP contribution < -0.4 is 4.74 Å². The second-order valence-electron chi connectivity index (χ2n) is 6.79. The minimum atomic E-state index is -3.04. The Kier molecular flexibility index (Phi) is 6.16. The molecule has 1 aliphatic rings. The molecule has 6 heteroatoms. The third kappa shape index (κ3) is 4.89. The SMILES string of the molecule is CCCN(C(=O)COc1ccccc1-c1ccccc1)[C@@H]1CCS(=O)(=O)C1. The van der Waals surface area contributed by atoms with Gasteiger partial charge in [0, 0.05) is 18.2 Å². The van der Waals surface area contributed by atoms with E-state index in [2.05, 4.69) is 0 Å². The maximum absolute atomic E-state index is 12.8. The van der Waals surface area contributed by atoms with E-state index in [-0.39, 0.29) is 30.1 Å². The molecule has 27 heavy (non-hydrogen) atoms. The summed E-state index contributed by atoms with van der Waals surface area (Å²) in [7, 11) is -3.04. The van der Waals surface area contributed by atoms with Crippen molar-refractivity contribution < 1.29 is 17.9 Å². The van der Waals surface area contributed by atoms with Crippen LogP contribution in [0.4, 0.5) is 0 Å². The summed E-state index contributed by atoms with van der Waals surface area (Å²) in [5, 5.41) is 0. The lowest BCUT2D eigenvalue weighted by Gasteiger charge is -2.28. The van der Waals surface area contributed by atoms with Crippen molar-refractivity contribution in [1.29, 1.82) is 0 Å². The number of nitrogens with zero attached hydrogens (tertiary/aromatic N) is 1. The zero-order chi connectivity index (χ0) is 19.3. The highest BCUT2D eigenvalue weighted by atomic mass is 32.2. The van der Waals surface area contributed by atoms with E-state index >= 15 is 0 Å². The fourth-order valence-corrected chi connectivity index (χ4v) is 5.17. The first kappa shape index (κ1) is 19.4. The van der Waals surface area contributed by atoms with Crippen LogP contribution in [0.15, 0.2) is 54.6 Å². The first-order valence-corrected chi connectivity index (χ1v) is 11.1. The largest absolute Gasteiger partial charge is 0.483 e. The molecule has 2 aromatic carbocycles. The number of amides is 1.